The maximum absolute atomic E-state index is 10.6. The standard InChI is InChI=1S/C7H7NO2.C2H4O2/c1-5(9)7-6(10)3-2-4-8-7;1-4-2-3/h2-4,10H,1H3;2H,1H3. The van der Waals surface area contributed by atoms with E-state index in [1.54, 1.807) is 6.07 Å². The summed E-state index contributed by atoms with van der Waals surface area (Å²) in [6, 6.07) is 3.01. The lowest BCUT2D eigenvalue weighted by Gasteiger charge is -1.95. The van der Waals surface area contributed by atoms with Crippen molar-refractivity contribution >= 4 is 12.3 Å². The molecule has 0 aliphatic heterocycles. The molecule has 0 unspecified atom stereocenters. The van der Waals surface area contributed by atoms with Crippen LogP contribution in [-0.4, -0.2) is 29.5 Å². The van der Waals surface area contributed by atoms with Crippen LogP contribution >= 0.6 is 0 Å². The summed E-state index contributed by atoms with van der Waals surface area (Å²) in [4.78, 5) is 23.3. The fourth-order valence-electron chi connectivity index (χ4n) is 0.668. The van der Waals surface area contributed by atoms with E-state index in [2.05, 4.69) is 9.72 Å². The molecule has 76 valence electrons. The van der Waals surface area contributed by atoms with E-state index in [0.29, 0.717) is 6.47 Å². The van der Waals surface area contributed by atoms with Gasteiger partial charge in [-0.05, 0) is 12.1 Å². The molecule has 1 heterocycles. The van der Waals surface area contributed by atoms with Gasteiger partial charge in [-0.25, -0.2) is 4.98 Å². The monoisotopic (exact) mass is 197 g/mol. The van der Waals surface area contributed by atoms with Crippen molar-refractivity contribution in [3.05, 3.63) is 24.0 Å². The minimum atomic E-state index is -0.224. The molecule has 0 radical (unpaired) electrons. The number of hydrogen-bond acceptors (Lipinski definition) is 5. The molecule has 0 aliphatic carbocycles. The van der Waals surface area contributed by atoms with Crippen molar-refractivity contribution < 1.29 is 19.4 Å². The Balaban J connectivity index is 0.000000364. The first-order valence-electron chi connectivity index (χ1n) is 3.74. The van der Waals surface area contributed by atoms with Gasteiger partial charge in [0, 0.05) is 13.1 Å². The van der Waals surface area contributed by atoms with Gasteiger partial charge in [0.25, 0.3) is 6.47 Å². The summed E-state index contributed by atoms with van der Waals surface area (Å²) >= 11 is 0. The third-order valence-corrected chi connectivity index (χ3v) is 1.22. The molecule has 0 amide bonds. The maximum Gasteiger partial charge on any atom is 0.292 e. The Morgan fingerprint density at radius 2 is 2.21 bits per heavy atom. The zero-order chi connectivity index (χ0) is 11.0. The van der Waals surface area contributed by atoms with Gasteiger partial charge < -0.3 is 9.84 Å². The topological polar surface area (TPSA) is 76.5 Å². The van der Waals surface area contributed by atoms with Crippen LogP contribution in [0.3, 0.4) is 0 Å². The number of aromatic hydroxyl groups is 1. The van der Waals surface area contributed by atoms with Crippen LogP contribution < -0.4 is 0 Å². The lowest BCUT2D eigenvalue weighted by molar-refractivity contribution is -0.126. The Hall–Kier alpha value is -1.91. The molecule has 1 aromatic rings. The summed E-state index contributed by atoms with van der Waals surface area (Å²) in [7, 11) is 1.31. The normalized spacial score (nSPS) is 8.14. The van der Waals surface area contributed by atoms with Crippen molar-refractivity contribution in [1.82, 2.24) is 4.98 Å². The second-order valence-corrected chi connectivity index (χ2v) is 2.26. The van der Waals surface area contributed by atoms with E-state index in [1.165, 1.54) is 26.3 Å². The lowest BCUT2D eigenvalue weighted by Crippen LogP contribution is -1.95. The van der Waals surface area contributed by atoms with E-state index in [-0.39, 0.29) is 17.2 Å². The van der Waals surface area contributed by atoms with E-state index in [1.807, 2.05) is 0 Å². The number of pyridine rings is 1. The Bertz CT molecular complexity index is 311. The molecule has 1 rings (SSSR count). The van der Waals surface area contributed by atoms with Crippen molar-refractivity contribution in [2.24, 2.45) is 0 Å². The molecular weight excluding hydrogens is 186 g/mol. The summed E-state index contributed by atoms with van der Waals surface area (Å²) in [5.74, 6) is -0.284. The van der Waals surface area contributed by atoms with E-state index >= 15 is 0 Å². The summed E-state index contributed by atoms with van der Waals surface area (Å²) in [6.07, 6.45) is 1.47. The molecule has 0 bridgehead atoms. The molecule has 0 aliphatic rings. The highest BCUT2D eigenvalue weighted by atomic mass is 16.5. The average molecular weight is 197 g/mol. The minimum absolute atomic E-state index is 0.0602. The van der Waals surface area contributed by atoms with Crippen LogP contribution in [-0.2, 0) is 9.53 Å². The van der Waals surface area contributed by atoms with Gasteiger partial charge in [0.2, 0.25) is 0 Å². The molecule has 0 saturated carbocycles. The predicted octanol–water partition coefficient (Wildman–Crippen LogP) is 0.779. The van der Waals surface area contributed by atoms with E-state index < -0.39 is 0 Å². The van der Waals surface area contributed by atoms with E-state index in [0.717, 1.165) is 0 Å². The molecule has 1 N–H and O–H groups in total. The largest absolute Gasteiger partial charge is 0.506 e. The van der Waals surface area contributed by atoms with Crippen molar-refractivity contribution in [3.63, 3.8) is 0 Å². The first-order chi connectivity index (χ1) is 6.63. The highest BCUT2D eigenvalue weighted by molar-refractivity contribution is 5.94. The second kappa shape index (κ2) is 6.59. The number of ether oxygens (including phenoxy) is 1. The third kappa shape index (κ3) is 4.20. The number of carbonyl (C=O) groups excluding carboxylic acids is 2. The van der Waals surface area contributed by atoms with Crippen molar-refractivity contribution in [3.8, 4) is 5.75 Å². The SMILES string of the molecule is CC(=O)c1ncccc1O.COC=O. The molecule has 0 fully saturated rings. The fraction of sp³-hybridized carbons (Fsp3) is 0.222. The number of rotatable bonds is 2. The van der Waals surface area contributed by atoms with Crippen LogP contribution in [0.2, 0.25) is 0 Å². The van der Waals surface area contributed by atoms with Gasteiger partial charge in [-0.15, -0.1) is 0 Å². The van der Waals surface area contributed by atoms with Crippen molar-refractivity contribution in [2.75, 3.05) is 7.11 Å². The van der Waals surface area contributed by atoms with E-state index in [9.17, 15) is 4.79 Å². The summed E-state index contributed by atoms with van der Waals surface area (Å²) in [5.41, 5.74) is 0.127. The fourth-order valence-corrected chi connectivity index (χ4v) is 0.668. The van der Waals surface area contributed by atoms with Crippen LogP contribution in [0.1, 0.15) is 17.4 Å². The number of carbonyl (C=O) groups is 2. The van der Waals surface area contributed by atoms with Crippen LogP contribution in [0, 0.1) is 0 Å². The zero-order valence-electron chi connectivity index (χ0n) is 7.93. The van der Waals surface area contributed by atoms with Crippen LogP contribution in [0.4, 0.5) is 0 Å². The van der Waals surface area contributed by atoms with Gasteiger partial charge in [-0.1, -0.05) is 0 Å². The Morgan fingerprint density at radius 3 is 2.50 bits per heavy atom. The van der Waals surface area contributed by atoms with Gasteiger partial charge in [0.05, 0.1) is 7.11 Å². The van der Waals surface area contributed by atoms with Gasteiger partial charge in [0.1, 0.15) is 11.4 Å². The molecule has 14 heavy (non-hydrogen) atoms. The number of nitrogens with zero attached hydrogens (tertiary/aromatic N) is 1. The highest BCUT2D eigenvalue weighted by Crippen LogP contribution is 2.11. The molecule has 0 spiro atoms. The molecule has 5 nitrogen and oxygen atoms in total. The number of methoxy groups -OCH3 is 1. The lowest BCUT2D eigenvalue weighted by atomic mass is 10.2. The quantitative estimate of drug-likeness (QED) is 0.560. The highest BCUT2D eigenvalue weighted by Gasteiger charge is 2.04. The summed E-state index contributed by atoms with van der Waals surface area (Å²) in [5, 5.41) is 9.00. The number of Topliss-reactive ketones (excluding diaryl/α,β-unsaturated/α-hetero) is 1. The molecular formula is C9H11NO4. The molecule has 1 aromatic heterocycles. The number of ketones is 1. The number of aromatic nitrogens is 1. The summed E-state index contributed by atoms with van der Waals surface area (Å²) in [6.45, 7) is 1.74. The van der Waals surface area contributed by atoms with Gasteiger partial charge >= 0.3 is 0 Å². The summed E-state index contributed by atoms with van der Waals surface area (Å²) < 4.78 is 3.86. The molecule has 5 heteroatoms. The van der Waals surface area contributed by atoms with Crippen LogP contribution in [0.15, 0.2) is 18.3 Å². The zero-order valence-corrected chi connectivity index (χ0v) is 7.93. The molecule has 0 atom stereocenters. The Labute approximate surface area is 81.3 Å². The molecule has 0 aromatic carbocycles. The average Bonchev–Trinajstić information content (AvgIpc) is 2.18. The Morgan fingerprint density at radius 1 is 1.64 bits per heavy atom. The smallest absolute Gasteiger partial charge is 0.292 e. The van der Waals surface area contributed by atoms with Gasteiger partial charge in [-0.3, -0.25) is 9.59 Å². The second-order valence-electron chi connectivity index (χ2n) is 2.26. The predicted molar refractivity (Wildman–Crippen MR) is 49.0 cm³/mol. The third-order valence-electron chi connectivity index (χ3n) is 1.22. The maximum atomic E-state index is 10.6. The van der Waals surface area contributed by atoms with Crippen molar-refractivity contribution in [2.45, 2.75) is 6.92 Å². The molecule has 0 saturated heterocycles. The minimum Gasteiger partial charge on any atom is -0.506 e. The van der Waals surface area contributed by atoms with Crippen LogP contribution in [0.25, 0.3) is 0 Å². The van der Waals surface area contributed by atoms with Gasteiger partial charge in [-0.2, -0.15) is 0 Å². The first kappa shape index (κ1) is 12.1. The van der Waals surface area contributed by atoms with Crippen molar-refractivity contribution in [1.29, 1.82) is 0 Å². The van der Waals surface area contributed by atoms with Crippen LogP contribution in [0.5, 0.6) is 5.75 Å². The van der Waals surface area contributed by atoms with E-state index in [4.69, 9.17) is 9.90 Å². The first-order valence-corrected chi connectivity index (χ1v) is 3.74. The number of hydrogen-bond donors (Lipinski definition) is 1. The Kier molecular flexibility index (Phi) is 5.69. The van der Waals surface area contributed by atoms with Gasteiger partial charge in [0.15, 0.2) is 5.78 Å².